The molecule has 0 spiro atoms. The van der Waals surface area contributed by atoms with Gasteiger partial charge in [0.05, 0.1) is 45.5 Å². The molecule has 0 aliphatic carbocycles. The maximum absolute atomic E-state index is 4.86. The lowest BCUT2D eigenvalue weighted by atomic mass is 9.88. The highest BCUT2D eigenvalue weighted by atomic mass is 15.2. The lowest BCUT2D eigenvalue weighted by Crippen LogP contribution is -2.13. The van der Waals surface area contributed by atoms with Crippen molar-refractivity contribution in [2.24, 2.45) is 0 Å². The molecule has 0 bridgehead atoms. The van der Waals surface area contributed by atoms with Gasteiger partial charge >= 0.3 is 0 Å². The minimum Gasteiger partial charge on any atom is -0.310 e. The van der Waals surface area contributed by atoms with Gasteiger partial charge < -0.3 is 19.6 Å². The third kappa shape index (κ3) is 14.8. The first-order chi connectivity index (χ1) is 68.2. The van der Waals surface area contributed by atoms with Crippen molar-refractivity contribution in [3.63, 3.8) is 0 Å². The molecule has 0 saturated carbocycles. The summed E-state index contributed by atoms with van der Waals surface area (Å²) in [6.45, 7) is 8.67. The highest BCUT2D eigenvalue weighted by Crippen LogP contribution is 2.55. The first-order valence-corrected chi connectivity index (χ1v) is 47.3. The lowest BCUT2D eigenvalue weighted by molar-refractivity contribution is 1.17. The predicted octanol–water partition coefficient (Wildman–Crippen LogP) is 36.9. The van der Waals surface area contributed by atoms with E-state index in [0.29, 0.717) is 0 Å². The third-order valence-corrected chi connectivity index (χ3v) is 27.3. The number of anilines is 18. The van der Waals surface area contributed by atoms with Gasteiger partial charge in [-0.2, -0.15) is 0 Å². The van der Waals surface area contributed by atoms with Crippen molar-refractivity contribution in [1.29, 1.82) is 0 Å². The van der Waals surface area contributed by atoms with Gasteiger partial charge in [0.2, 0.25) is 0 Å². The Labute approximate surface area is 802 Å². The molecular formula is C130H94N8. The Morgan fingerprint density at radius 2 is 0.370 bits per heavy atom. The second-order valence-corrected chi connectivity index (χ2v) is 35.8. The first-order valence-electron chi connectivity index (χ1n) is 47.3. The highest BCUT2D eigenvalue weighted by molar-refractivity contribution is 6.32. The van der Waals surface area contributed by atoms with Gasteiger partial charge in [0, 0.05) is 101 Å². The number of hydrogen-bond donors (Lipinski definition) is 0. The van der Waals surface area contributed by atoms with Crippen LogP contribution in [0.2, 0.25) is 0 Å². The van der Waals surface area contributed by atoms with Crippen molar-refractivity contribution in [2.45, 2.75) is 27.7 Å². The minimum atomic E-state index is 0.887. The Bertz CT molecular complexity index is 8320. The van der Waals surface area contributed by atoms with E-state index in [-0.39, 0.29) is 0 Å². The Hall–Kier alpha value is -18.0. The van der Waals surface area contributed by atoms with E-state index in [1.165, 1.54) is 164 Å². The Balaban J connectivity index is 0.000000113. The topological polar surface area (TPSA) is 45.2 Å². The summed E-state index contributed by atoms with van der Waals surface area (Å²) in [5, 5.41) is 27.4. The Morgan fingerprint density at radius 1 is 0.145 bits per heavy atom. The van der Waals surface area contributed by atoms with Gasteiger partial charge in [-0.15, -0.1) is 0 Å². The van der Waals surface area contributed by atoms with Crippen molar-refractivity contribution < 1.29 is 0 Å². The molecule has 0 amide bonds. The van der Waals surface area contributed by atoms with Gasteiger partial charge in [-0.1, -0.05) is 328 Å². The van der Waals surface area contributed by atoms with E-state index < -0.39 is 0 Å². The number of hydrogen-bond acceptors (Lipinski definition) is 8. The molecule has 0 aliphatic rings. The second kappa shape index (κ2) is 35.5. The molecule has 0 unspecified atom stereocenters. The number of pyridine rings is 2. The molecule has 0 aliphatic heterocycles. The minimum absolute atomic E-state index is 0.887. The van der Waals surface area contributed by atoms with Crippen molar-refractivity contribution in [1.82, 2.24) is 9.97 Å². The SMILES string of the molecule is Cc1cc(N(c2ccccc2)c2cccc3ccccc23)c2ccc3c(C)cc(N(c4ccccc4)c4cccc5ccccc45)c4ccc1c2c34.Cc1ccc(N(c2ccccc2)c2ccc3ccc4c(N(c5ccccc5)c5ccc(C)cn5)ccc5ccc2c3c54)nc1.c1ccc(N(c2ccccc2)c2ccc3ccc4c(N(c5ccccc5)c5ccccc5)ccc5ccc2c3c54)cc1. The number of nitrogens with zero attached hydrogens (tertiary/aromatic N) is 8. The Morgan fingerprint density at radius 3 is 0.659 bits per heavy atom. The standard InChI is InChI=1S/C50H36N2.C40H30N4.C40H28N2/c1-33-31-47(51(37-19-5-3-6-20-37)45-25-13-17-35-15-9-11-23-41(35)45)43-30-28-40-34(2)32-48(44-29-27-39(33)49(43)50(40)44)52(38-21-7-4-8-22-38)46-26-14-18-36-16-10-12-24-42(36)46;1-27-13-23-37(41-25-27)43(31-9-5-3-6-10-31)35-21-17-29-16-20-34-36(22-18-30-15-19-33(35)39(29)40(30)34)44(32-11-7-4-8-12-32)38-24-14-28(2)26-42-38;1-5-13-31(14-6-1)41(32-15-7-2-8-16-32)37-27-23-29-22-26-36-38(28-24-30-21-25-35(37)39(29)40(30)36)42(33-17-9-3-10-18-33)34-19-11-4-12-20-34/h3-32H,1-2H3;3-26H,1-2H3;1-28H. The largest absolute Gasteiger partial charge is 0.310 e. The molecule has 0 fully saturated rings. The maximum Gasteiger partial charge on any atom is 0.137 e. The molecule has 8 heteroatoms. The molecule has 654 valence electrons. The molecule has 0 radical (unpaired) electrons. The van der Waals surface area contributed by atoms with Gasteiger partial charge in [0.15, 0.2) is 0 Å². The van der Waals surface area contributed by atoms with E-state index >= 15 is 0 Å². The zero-order chi connectivity index (χ0) is 92.3. The molecule has 0 saturated heterocycles. The third-order valence-electron chi connectivity index (χ3n) is 27.3. The highest BCUT2D eigenvalue weighted by Gasteiger charge is 2.29. The van der Waals surface area contributed by atoms with E-state index in [2.05, 4.69) is 542 Å². The van der Waals surface area contributed by atoms with E-state index in [1.807, 2.05) is 12.4 Å². The molecular weight excluding hydrogens is 1670 g/mol. The van der Waals surface area contributed by atoms with E-state index in [4.69, 9.17) is 9.97 Å². The van der Waals surface area contributed by atoms with Crippen LogP contribution in [0.1, 0.15) is 22.3 Å². The van der Waals surface area contributed by atoms with Crippen LogP contribution in [0.4, 0.5) is 103 Å². The summed E-state index contributed by atoms with van der Waals surface area (Å²) >= 11 is 0. The predicted molar refractivity (Wildman–Crippen MR) is 588 cm³/mol. The van der Waals surface area contributed by atoms with Crippen LogP contribution in [0.5, 0.6) is 0 Å². The summed E-state index contributed by atoms with van der Waals surface area (Å²) in [7, 11) is 0. The van der Waals surface area contributed by atoms with E-state index in [9.17, 15) is 0 Å². The van der Waals surface area contributed by atoms with Crippen LogP contribution in [-0.4, -0.2) is 9.97 Å². The average molecular weight is 1770 g/mol. The number of aromatic nitrogens is 2. The van der Waals surface area contributed by atoms with Gasteiger partial charge in [-0.25, -0.2) is 9.97 Å². The summed E-state index contributed by atoms with van der Waals surface area (Å²) in [5.74, 6) is 1.77. The van der Waals surface area contributed by atoms with E-state index in [1.54, 1.807) is 0 Å². The van der Waals surface area contributed by atoms with Crippen molar-refractivity contribution in [3.05, 3.63) is 520 Å². The molecule has 8 nitrogen and oxygen atoms in total. The molecule has 138 heavy (non-hydrogen) atoms. The number of para-hydroxylation sites is 8. The van der Waals surface area contributed by atoms with Crippen molar-refractivity contribution in [3.8, 4) is 0 Å². The number of rotatable bonds is 18. The molecule has 26 rings (SSSR count). The monoisotopic (exact) mass is 1770 g/mol. The Kier molecular flexibility index (Phi) is 21.4. The number of fused-ring (bicyclic) bond motifs is 2. The molecule has 0 atom stereocenters. The zero-order valence-corrected chi connectivity index (χ0v) is 76.9. The first kappa shape index (κ1) is 83.1. The number of aryl methyl sites for hydroxylation is 4. The van der Waals surface area contributed by atoms with Crippen molar-refractivity contribution in [2.75, 3.05) is 29.4 Å². The van der Waals surface area contributed by atoms with Crippen LogP contribution in [0.25, 0.3) is 118 Å². The molecule has 2 heterocycles. The molecule has 2 aromatic heterocycles. The summed E-state index contributed by atoms with van der Waals surface area (Å²) < 4.78 is 0. The fourth-order valence-corrected chi connectivity index (χ4v) is 21.1. The van der Waals surface area contributed by atoms with Crippen LogP contribution in [-0.2, 0) is 0 Å². The molecule has 24 aromatic carbocycles. The fraction of sp³-hybridized carbons (Fsp3) is 0.0308. The normalized spacial score (nSPS) is 11.5. The van der Waals surface area contributed by atoms with Gasteiger partial charge in [0.1, 0.15) is 11.6 Å². The quantitative estimate of drug-likeness (QED) is 0.0788. The van der Waals surface area contributed by atoms with Crippen LogP contribution < -0.4 is 29.4 Å². The summed E-state index contributed by atoms with van der Waals surface area (Å²) in [6, 6.07) is 175. The van der Waals surface area contributed by atoms with Crippen LogP contribution in [0, 0.1) is 27.7 Å². The van der Waals surface area contributed by atoms with Gasteiger partial charge in [-0.3, -0.25) is 9.80 Å². The van der Waals surface area contributed by atoms with Crippen LogP contribution in [0.15, 0.2) is 498 Å². The van der Waals surface area contributed by atoms with Crippen molar-refractivity contribution >= 4 is 221 Å². The molecule has 0 N–H and O–H groups in total. The van der Waals surface area contributed by atoms with Crippen LogP contribution in [0.3, 0.4) is 0 Å². The van der Waals surface area contributed by atoms with E-state index in [0.717, 1.165) is 79.6 Å². The maximum atomic E-state index is 4.86. The molecule has 26 aromatic rings. The second-order valence-electron chi connectivity index (χ2n) is 35.8. The summed E-state index contributed by atoms with van der Waals surface area (Å²) in [6.07, 6.45) is 3.87. The van der Waals surface area contributed by atoms with Gasteiger partial charge in [-0.05, 0) is 283 Å². The fourth-order valence-electron chi connectivity index (χ4n) is 21.1. The lowest BCUT2D eigenvalue weighted by Gasteiger charge is -2.31. The number of benzene rings is 24. The van der Waals surface area contributed by atoms with Gasteiger partial charge in [0.25, 0.3) is 0 Å². The zero-order valence-electron chi connectivity index (χ0n) is 76.9. The summed E-state index contributed by atoms with van der Waals surface area (Å²) in [5.41, 5.74) is 23.0. The smallest absolute Gasteiger partial charge is 0.137 e. The average Bonchev–Trinajstić information content (AvgIpc) is 0.732. The van der Waals surface area contributed by atoms with Crippen LogP contribution >= 0.6 is 0 Å². The summed E-state index contributed by atoms with van der Waals surface area (Å²) in [4.78, 5) is 23.9.